The van der Waals surface area contributed by atoms with Gasteiger partial charge in [0.2, 0.25) is 5.16 Å². The summed E-state index contributed by atoms with van der Waals surface area (Å²) in [6.45, 7) is 0. The second kappa shape index (κ2) is 5.48. The van der Waals surface area contributed by atoms with Gasteiger partial charge in [-0.15, -0.1) is 10.2 Å². The lowest BCUT2D eigenvalue weighted by Crippen LogP contribution is -2.11. The van der Waals surface area contributed by atoms with E-state index in [9.17, 15) is 0 Å². The molecule has 1 aromatic heterocycles. The third-order valence-electron chi connectivity index (χ3n) is 2.10. The predicted molar refractivity (Wildman–Crippen MR) is 72.0 cm³/mol. The highest BCUT2D eigenvalue weighted by Crippen LogP contribution is 2.30. The van der Waals surface area contributed by atoms with Crippen molar-refractivity contribution >= 4 is 35.0 Å². The molecule has 0 bridgehead atoms. The highest BCUT2D eigenvalue weighted by atomic mass is 35.5. The fraction of sp³-hybridized carbons (Fsp3) is 0.100. The number of nitrogens with two attached hydrogens (primary N) is 1. The second-order valence-electron chi connectivity index (χ2n) is 3.25. The lowest BCUT2D eigenvalue weighted by molar-refractivity contribution is 0.851. The summed E-state index contributed by atoms with van der Waals surface area (Å²) in [6.07, 6.45) is 0. The van der Waals surface area contributed by atoms with E-state index in [1.165, 1.54) is 16.4 Å². The lowest BCUT2D eigenvalue weighted by atomic mass is 10.2. The van der Waals surface area contributed by atoms with Crippen LogP contribution in [-0.4, -0.2) is 20.6 Å². The number of aromatic nitrogens is 3. The molecule has 2 rings (SSSR count). The van der Waals surface area contributed by atoms with Crippen molar-refractivity contribution in [2.75, 3.05) is 11.6 Å². The van der Waals surface area contributed by atoms with E-state index in [1.54, 1.807) is 18.2 Å². The molecule has 0 atom stereocenters. The SMILES string of the molecule is N#CCSc1nnc(-c2cc(Cl)ccc2Cl)n1N. The number of hydrogen-bond acceptors (Lipinski definition) is 5. The van der Waals surface area contributed by atoms with Crippen molar-refractivity contribution in [2.45, 2.75) is 5.16 Å². The summed E-state index contributed by atoms with van der Waals surface area (Å²) in [7, 11) is 0. The van der Waals surface area contributed by atoms with Crippen LogP contribution in [0.5, 0.6) is 0 Å². The van der Waals surface area contributed by atoms with Gasteiger partial charge in [0.1, 0.15) is 0 Å². The summed E-state index contributed by atoms with van der Waals surface area (Å²) < 4.78 is 1.29. The first-order chi connectivity index (χ1) is 8.63. The van der Waals surface area contributed by atoms with Gasteiger partial charge in [0, 0.05) is 10.6 Å². The summed E-state index contributed by atoms with van der Waals surface area (Å²) in [5.41, 5.74) is 0.600. The van der Waals surface area contributed by atoms with Gasteiger partial charge in [-0.2, -0.15) is 5.26 Å². The quantitative estimate of drug-likeness (QED) is 0.696. The Kier molecular flexibility index (Phi) is 3.97. The molecule has 0 spiro atoms. The minimum absolute atomic E-state index is 0.249. The summed E-state index contributed by atoms with van der Waals surface area (Å²) in [5, 5.41) is 17.8. The Morgan fingerprint density at radius 1 is 1.39 bits per heavy atom. The second-order valence-corrected chi connectivity index (χ2v) is 5.03. The first-order valence-electron chi connectivity index (χ1n) is 4.79. The third kappa shape index (κ3) is 2.53. The number of nitrogens with zero attached hydrogens (tertiary/aromatic N) is 4. The summed E-state index contributed by atoms with van der Waals surface area (Å²) in [5.74, 6) is 6.51. The first kappa shape index (κ1) is 13.0. The average Bonchev–Trinajstić information content (AvgIpc) is 2.71. The van der Waals surface area contributed by atoms with Gasteiger partial charge in [-0.3, -0.25) is 0 Å². The van der Waals surface area contributed by atoms with Crippen LogP contribution >= 0.6 is 35.0 Å². The Labute approximate surface area is 117 Å². The van der Waals surface area contributed by atoms with Gasteiger partial charge in [0.15, 0.2) is 5.82 Å². The normalized spacial score (nSPS) is 10.3. The molecule has 1 aromatic carbocycles. The standard InChI is InChI=1S/C10H7Cl2N5S/c11-6-1-2-8(12)7(5-6)9-15-16-10(17(9)14)18-4-3-13/h1-2,5H,4,14H2. The van der Waals surface area contributed by atoms with Crippen LogP contribution in [0.3, 0.4) is 0 Å². The van der Waals surface area contributed by atoms with Crippen LogP contribution in [0.1, 0.15) is 0 Å². The van der Waals surface area contributed by atoms with Crippen molar-refractivity contribution in [3.8, 4) is 17.5 Å². The zero-order valence-corrected chi connectivity index (χ0v) is 11.3. The predicted octanol–water partition coefficient (Wildman–Crippen LogP) is 2.58. The molecule has 0 saturated carbocycles. The molecule has 0 fully saturated rings. The van der Waals surface area contributed by atoms with E-state index in [0.717, 1.165) is 0 Å². The molecular weight excluding hydrogens is 293 g/mol. The topological polar surface area (TPSA) is 80.5 Å². The summed E-state index contributed by atoms with van der Waals surface area (Å²) >= 11 is 13.2. The Balaban J connectivity index is 2.43. The molecule has 0 aliphatic carbocycles. The Morgan fingerprint density at radius 3 is 2.89 bits per heavy atom. The van der Waals surface area contributed by atoms with Crippen LogP contribution in [0.2, 0.25) is 10.0 Å². The van der Waals surface area contributed by atoms with Gasteiger partial charge in [0.25, 0.3) is 0 Å². The molecule has 5 nitrogen and oxygen atoms in total. The van der Waals surface area contributed by atoms with Crippen LogP contribution in [-0.2, 0) is 0 Å². The average molecular weight is 300 g/mol. The fourth-order valence-corrected chi connectivity index (χ4v) is 2.22. The van der Waals surface area contributed by atoms with Gasteiger partial charge in [-0.05, 0) is 18.2 Å². The van der Waals surface area contributed by atoms with Crippen molar-refractivity contribution in [1.82, 2.24) is 14.9 Å². The maximum Gasteiger partial charge on any atom is 0.211 e. The van der Waals surface area contributed by atoms with Crippen LogP contribution in [0.4, 0.5) is 0 Å². The zero-order chi connectivity index (χ0) is 13.1. The van der Waals surface area contributed by atoms with E-state index in [2.05, 4.69) is 10.2 Å². The van der Waals surface area contributed by atoms with E-state index < -0.39 is 0 Å². The molecule has 18 heavy (non-hydrogen) atoms. The number of halogens is 2. The van der Waals surface area contributed by atoms with Gasteiger partial charge >= 0.3 is 0 Å². The Bertz CT molecular complexity index is 619. The number of thioether (sulfide) groups is 1. The molecule has 92 valence electrons. The summed E-state index contributed by atoms with van der Waals surface area (Å²) in [6, 6.07) is 6.99. The number of rotatable bonds is 3. The highest BCUT2D eigenvalue weighted by molar-refractivity contribution is 7.99. The minimum Gasteiger partial charge on any atom is -0.335 e. The highest BCUT2D eigenvalue weighted by Gasteiger charge is 2.15. The molecule has 8 heteroatoms. The van der Waals surface area contributed by atoms with Crippen molar-refractivity contribution in [1.29, 1.82) is 5.26 Å². The van der Waals surface area contributed by atoms with E-state index in [1.807, 2.05) is 6.07 Å². The molecule has 1 heterocycles. The van der Waals surface area contributed by atoms with Crippen molar-refractivity contribution in [2.24, 2.45) is 0 Å². The molecule has 0 amide bonds. The van der Waals surface area contributed by atoms with Gasteiger partial charge in [-0.1, -0.05) is 35.0 Å². The molecule has 0 aliphatic heterocycles. The maximum atomic E-state index is 8.52. The number of benzene rings is 1. The van der Waals surface area contributed by atoms with E-state index >= 15 is 0 Å². The minimum atomic E-state index is 0.249. The molecule has 0 aliphatic rings. The molecule has 2 N–H and O–H groups in total. The van der Waals surface area contributed by atoms with E-state index in [4.69, 9.17) is 34.3 Å². The molecule has 0 saturated heterocycles. The number of hydrogen-bond donors (Lipinski definition) is 1. The van der Waals surface area contributed by atoms with Crippen molar-refractivity contribution < 1.29 is 0 Å². The van der Waals surface area contributed by atoms with E-state index in [-0.39, 0.29) is 5.75 Å². The largest absolute Gasteiger partial charge is 0.335 e. The fourth-order valence-electron chi connectivity index (χ4n) is 1.32. The molecule has 2 aromatic rings. The molecule has 0 unspecified atom stereocenters. The molecule has 0 radical (unpaired) electrons. The smallest absolute Gasteiger partial charge is 0.211 e. The number of nitrogen functional groups attached to an aromatic ring is 1. The third-order valence-corrected chi connectivity index (χ3v) is 3.47. The van der Waals surface area contributed by atoms with Gasteiger partial charge in [-0.25, -0.2) is 4.68 Å². The Morgan fingerprint density at radius 2 is 2.17 bits per heavy atom. The van der Waals surface area contributed by atoms with Crippen molar-refractivity contribution in [3.05, 3.63) is 28.2 Å². The van der Waals surface area contributed by atoms with Gasteiger partial charge in [0.05, 0.1) is 16.8 Å². The van der Waals surface area contributed by atoms with Crippen LogP contribution in [0.25, 0.3) is 11.4 Å². The Hall–Kier alpha value is -1.42. The van der Waals surface area contributed by atoms with Crippen molar-refractivity contribution in [3.63, 3.8) is 0 Å². The maximum absolute atomic E-state index is 8.52. The zero-order valence-electron chi connectivity index (χ0n) is 8.97. The lowest BCUT2D eigenvalue weighted by Gasteiger charge is -2.04. The van der Waals surface area contributed by atoms with Crippen LogP contribution in [0.15, 0.2) is 23.4 Å². The van der Waals surface area contributed by atoms with Crippen LogP contribution < -0.4 is 5.84 Å². The monoisotopic (exact) mass is 299 g/mol. The van der Waals surface area contributed by atoms with Gasteiger partial charge < -0.3 is 5.84 Å². The van der Waals surface area contributed by atoms with E-state index in [0.29, 0.717) is 26.6 Å². The van der Waals surface area contributed by atoms with Crippen LogP contribution in [0, 0.1) is 11.3 Å². The number of nitriles is 1. The molecular formula is C10H7Cl2N5S. The first-order valence-corrected chi connectivity index (χ1v) is 6.53. The summed E-state index contributed by atoms with van der Waals surface area (Å²) in [4.78, 5) is 0.